The summed E-state index contributed by atoms with van der Waals surface area (Å²) in [5.41, 5.74) is 3.43. The third-order valence-corrected chi connectivity index (χ3v) is 9.73. The summed E-state index contributed by atoms with van der Waals surface area (Å²) < 4.78 is 0. The molecular weight excluding hydrogens is 462 g/mol. The molecule has 4 aromatic rings. The van der Waals surface area contributed by atoms with Gasteiger partial charge in [-0.3, -0.25) is 9.59 Å². The molecule has 36 heavy (non-hydrogen) atoms. The lowest BCUT2D eigenvalue weighted by Gasteiger charge is -2.40. The van der Waals surface area contributed by atoms with E-state index < -0.39 is 10.0 Å². The maximum Gasteiger partial charge on any atom is 0.197 e. The molecule has 2 aliphatic rings. The Hall–Kier alpha value is -4.15. The monoisotopic (exact) mass is 487 g/mol. The first-order valence-corrected chi connectivity index (χ1v) is 14.3. The lowest BCUT2D eigenvalue weighted by atomic mass is 10.1. The van der Waals surface area contributed by atoms with Crippen LogP contribution >= 0.6 is 10.0 Å². The molecule has 6 rings (SSSR count). The largest absolute Gasteiger partial charge is 0.305 e. The van der Waals surface area contributed by atoms with Crippen molar-refractivity contribution < 1.29 is 9.59 Å². The van der Waals surface area contributed by atoms with Crippen LogP contribution in [0.1, 0.15) is 20.7 Å². The molecule has 0 saturated heterocycles. The number of ketones is 2. The van der Waals surface area contributed by atoms with Gasteiger partial charge in [-0.1, -0.05) is 78.9 Å². The van der Waals surface area contributed by atoms with E-state index in [0.29, 0.717) is 11.1 Å². The van der Waals surface area contributed by atoms with Gasteiger partial charge in [-0.15, -0.1) is 0 Å². The van der Waals surface area contributed by atoms with E-state index in [2.05, 4.69) is 96.3 Å². The van der Waals surface area contributed by atoms with E-state index in [9.17, 15) is 9.59 Å². The van der Waals surface area contributed by atoms with E-state index in [1.165, 1.54) is 10.8 Å². The molecule has 0 atom stereocenters. The van der Waals surface area contributed by atoms with Crippen LogP contribution in [0.15, 0.2) is 131 Å². The molecule has 0 fully saturated rings. The van der Waals surface area contributed by atoms with Crippen molar-refractivity contribution in [3.05, 3.63) is 142 Å². The van der Waals surface area contributed by atoms with Gasteiger partial charge in [0.15, 0.2) is 11.6 Å². The maximum absolute atomic E-state index is 13.1. The summed E-state index contributed by atoms with van der Waals surface area (Å²) in [5, 5.41) is 3.51. The quantitative estimate of drug-likeness (QED) is 0.218. The molecule has 1 heterocycles. The van der Waals surface area contributed by atoms with Crippen molar-refractivity contribution in [3.63, 3.8) is 0 Å². The van der Waals surface area contributed by atoms with Gasteiger partial charge in [-0.25, -0.2) is 0 Å². The second-order valence-electron chi connectivity index (χ2n) is 9.33. The first kappa shape index (κ1) is 22.3. The van der Waals surface area contributed by atoms with E-state index in [4.69, 9.17) is 0 Å². The first-order valence-electron chi connectivity index (χ1n) is 11.9. The summed E-state index contributed by atoms with van der Waals surface area (Å²) in [5.74, 6) is -0.372. The molecule has 176 valence electrons. The van der Waals surface area contributed by atoms with Crippen molar-refractivity contribution in [1.82, 2.24) is 0 Å². The Morgan fingerprint density at radius 2 is 1.28 bits per heavy atom. The Labute approximate surface area is 212 Å². The smallest absolute Gasteiger partial charge is 0.197 e. The number of rotatable bonds is 4. The topological polar surface area (TPSA) is 37.4 Å². The van der Waals surface area contributed by atoms with Crippen molar-refractivity contribution in [3.8, 4) is 0 Å². The van der Waals surface area contributed by atoms with Crippen LogP contribution in [-0.2, 0) is 0 Å². The van der Waals surface area contributed by atoms with E-state index in [1.807, 2.05) is 12.1 Å². The number of carbonyl (C=O) groups excluding carboxylic acids is 2. The van der Waals surface area contributed by atoms with Gasteiger partial charge >= 0.3 is 0 Å². The Balaban J connectivity index is 1.45. The van der Waals surface area contributed by atoms with Crippen LogP contribution in [0.2, 0.25) is 0 Å². The molecule has 0 unspecified atom stereocenters. The predicted octanol–water partition coefficient (Wildman–Crippen LogP) is 7.79. The highest BCUT2D eigenvalue weighted by Crippen LogP contribution is 2.63. The number of benzene rings is 4. The zero-order chi connectivity index (χ0) is 24.9. The summed E-state index contributed by atoms with van der Waals surface area (Å²) in [6, 6.07) is 32.2. The van der Waals surface area contributed by atoms with E-state index in [0.717, 1.165) is 21.3 Å². The van der Waals surface area contributed by atoms with E-state index >= 15 is 0 Å². The lowest BCUT2D eigenvalue weighted by Crippen LogP contribution is -2.20. The molecule has 0 saturated carbocycles. The summed E-state index contributed by atoms with van der Waals surface area (Å²) in [7, 11) is -1.55. The SMILES string of the molecule is CS1(C)C(C=C2C(=O)c3ccccc3C2=O)=CC=C1N(c1ccccc1)c1cccc2ccccc12. The van der Waals surface area contributed by atoms with Gasteiger partial charge in [-0.05, 0) is 59.2 Å². The number of nitrogens with zero attached hydrogens (tertiary/aromatic N) is 1. The normalized spacial score (nSPS) is 17.0. The fraction of sp³-hybridized carbons (Fsp3) is 0.0625. The minimum atomic E-state index is -1.55. The minimum Gasteiger partial charge on any atom is -0.305 e. The highest BCUT2D eigenvalue weighted by molar-refractivity contribution is 8.39. The van der Waals surface area contributed by atoms with Crippen molar-refractivity contribution in [2.45, 2.75) is 0 Å². The molecule has 4 aromatic carbocycles. The van der Waals surface area contributed by atoms with Gasteiger partial charge in [0, 0.05) is 22.2 Å². The van der Waals surface area contributed by atoms with Gasteiger partial charge in [0.2, 0.25) is 0 Å². The number of Topliss-reactive ketones (excluding diaryl/α,β-unsaturated/α-hetero) is 2. The van der Waals surface area contributed by atoms with Gasteiger partial charge < -0.3 is 4.90 Å². The third-order valence-electron chi connectivity index (χ3n) is 6.94. The van der Waals surface area contributed by atoms with Gasteiger partial charge in [-0.2, -0.15) is 10.0 Å². The van der Waals surface area contributed by atoms with Crippen LogP contribution < -0.4 is 4.90 Å². The number of allylic oxidation sites excluding steroid dienone is 4. The van der Waals surface area contributed by atoms with Crippen molar-refractivity contribution in [2.75, 3.05) is 17.4 Å². The molecule has 0 amide bonds. The predicted molar refractivity (Wildman–Crippen MR) is 151 cm³/mol. The standard InChI is InChI=1S/C32H25NO2S/c1-36(2)24(21-28-31(34)26-16-8-9-17-27(26)32(28)35)19-20-30(36)33(23-13-4-3-5-14-23)29-18-10-12-22-11-6-7-15-25(22)29/h3-21H,1-2H3. The second-order valence-corrected chi connectivity index (χ2v) is 12.9. The first-order chi connectivity index (χ1) is 17.5. The number of hydrogen-bond donors (Lipinski definition) is 0. The number of fused-ring (bicyclic) bond motifs is 2. The van der Waals surface area contributed by atoms with Crippen LogP contribution in [0.4, 0.5) is 11.4 Å². The fourth-order valence-electron chi connectivity index (χ4n) is 5.02. The summed E-state index contributed by atoms with van der Waals surface area (Å²) in [6.07, 6.45) is 10.5. The Morgan fingerprint density at radius 3 is 2.00 bits per heavy atom. The zero-order valence-electron chi connectivity index (χ0n) is 20.1. The molecule has 1 aliphatic heterocycles. The fourth-order valence-corrected chi connectivity index (χ4v) is 7.15. The van der Waals surface area contributed by atoms with Gasteiger partial charge in [0.25, 0.3) is 0 Å². The highest BCUT2D eigenvalue weighted by Gasteiger charge is 2.36. The number of carbonyl (C=O) groups is 2. The van der Waals surface area contributed by atoms with E-state index in [-0.39, 0.29) is 17.1 Å². The van der Waals surface area contributed by atoms with Crippen molar-refractivity contribution in [2.24, 2.45) is 0 Å². The third kappa shape index (κ3) is 3.45. The number of para-hydroxylation sites is 1. The van der Waals surface area contributed by atoms with E-state index in [1.54, 1.807) is 24.3 Å². The Bertz CT molecular complexity index is 1600. The molecule has 0 aromatic heterocycles. The summed E-state index contributed by atoms with van der Waals surface area (Å²) >= 11 is 0. The van der Waals surface area contributed by atoms with Crippen LogP contribution in [0.5, 0.6) is 0 Å². The summed E-state index contributed by atoms with van der Waals surface area (Å²) in [6.45, 7) is 0. The highest BCUT2D eigenvalue weighted by atomic mass is 32.3. The maximum atomic E-state index is 13.1. The summed E-state index contributed by atoms with van der Waals surface area (Å²) in [4.78, 5) is 29.5. The second kappa shape index (κ2) is 8.51. The number of anilines is 2. The molecule has 4 heteroatoms. The molecule has 3 nitrogen and oxygen atoms in total. The Kier molecular flexibility index (Phi) is 5.27. The average molecular weight is 488 g/mol. The molecule has 0 spiro atoms. The molecule has 0 N–H and O–H groups in total. The minimum absolute atomic E-state index is 0.186. The van der Waals surface area contributed by atoms with Crippen LogP contribution in [-0.4, -0.2) is 24.1 Å². The molecular formula is C32H25NO2S. The zero-order valence-corrected chi connectivity index (χ0v) is 21.0. The van der Waals surface area contributed by atoms with Crippen molar-refractivity contribution >= 4 is 43.7 Å². The van der Waals surface area contributed by atoms with Crippen LogP contribution in [0, 0.1) is 0 Å². The lowest BCUT2D eigenvalue weighted by molar-refractivity contribution is 0.0988. The van der Waals surface area contributed by atoms with Gasteiger partial charge in [0.1, 0.15) is 0 Å². The molecule has 0 bridgehead atoms. The molecule has 0 radical (unpaired) electrons. The van der Waals surface area contributed by atoms with Gasteiger partial charge in [0.05, 0.1) is 16.3 Å². The molecule has 1 aliphatic carbocycles. The average Bonchev–Trinajstić information content (AvgIpc) is 3.33. The number of hydrogen-bond acceptors (Lipinski definition) is 3. The van der Waals surface area contributed by atoms with Crippen LogP contribution in [0.3, 0.4) is 0 Å². The van der Waals surface area contributed by atoms with Crippen LogP contribution in [0.25, 0.3) is 10.8 Å². The van der Waals surface area contributed by atoms with Crippen molar-refractivity contribution in [1.29, 1.82) is 0 Å². The Morgan fingerprint density at radius 1 is 0.667 bits per heavy atom.